The van der Waals surface area contributed by atoms with Crippen molar-refractivity contribution in [1.29, 1.82) is 0 Å². The molecule has 0 fully saturated rings. The number of nitrogens with zero attached hydrogens (tertiary/aromatic N) is 4. The largest absolute Gasteiger partial charge is 0.324 e. The number of rotatable bonds is 5. The smallest absolute Gasteiger partial charge is 0.211 e. The number of carbonyl (C=O) groups excluding carboxylic acids is 1. The third-order valence-corrected chi connectivity index (χ3v) is 5.12. The van der Waals surface area contributed by atoms with Gasteiger partial charge in [0.05, 0.1) is 24.1 Å². The first-order chi connectivity index (χ1) is 15.5. The van der Waals surface area contributed by atoms with E-state index in [2.05, 4.69) is 15.0 Å². The highest BCUT2D eigenvalue weighted by Crippen LogP contribution is 2.28. The Bertz CT molecular complexity index is 1480. The monoisotopic (exact) mass is 433 g/mol. The SMILES string of the molecule is O=CNc1c(F)cc(-c2ccc3ncn(Cc4cc5cccnc5cc4F)c3n2)cc1F. The Hall–Kier alpha value is -4.27. The normalized spacial score (nSPS) is 11.2. The second-order valence-electron chi connectivity index (χ2n) is 7.13. The van der Waals surface area contributed by atoms with E-state index in [0.717, 1.165) is 17.5 Å². The summed E-state index contributed by atoms with van der Waals surface area (Å²) >= 11 is 0. The van der Waals surface area contributed by atoms with Crippen molar-refractivity contribution >= 4 is 34.2 Å². The molecule has 0 aliphatic rings. The fourth-order valence-electron chi connectivity index (χ4n) is 3.58. The summed E-state index contributed by atoms with van der Waals surface area (Å²) in [4.78, 5) is 23.5. The first kappa shape index (κ1) is 19.7. The third kappa shape index (κ3) is 3.43. The lowest BCUT2D eigenvalue weighted by molar-refractivity contribution is -0.105. The summed E-state index contributed by atoms with van der Waals surface area (Å²) in [6, 6.07) is 12.1. The van der Waals surface area contributed by atoms with E-state index in [1.807, 2.05) is 11.4 Å². The van der Waals surface area contributed by atoms with Gasteiger partial charge in [0.15, 0.2) is 5.65 Å². The molecular formula is C23H14F3N5O. The predicted octanol–water partition coefficient (Wildman–Crippen LogP) is 4.68. The zero-order valence-electron chi connectivity index (χ0n) is 16.4. The lowest BCUT2D eigenvalue weighted by Crippen LogP contribution is -2.03. The molecule has 0 aliphatic carbocycles. The molecule has 9 heteroatoms. The first-order valence-corrected chi connectivity index (χ1v) is 9.58. The van der Waals surface area contributed by atoms with Crippen LogP contribution >= 0.6 is 0 Å². The van der Waals surface area contributed by atoms with Gasteiger partial charge in [-0.2, -0.15) is 0 Å². The molecular weight excluding hydrogens is 419 g/mol. The van der Waals surface area contributed by atoms with Crippen molar-refractivity contribution < 1.29 is 18.0 Å². The standard InChI is InChI=1S/C23H14F3N5O/c24-16-9-21-13(2-1-5-27-21)6-15(16)10-31-11-28-20-4-3-19(30-23(20)31)14-7-17(25)22(29-12-32)18(26)8-14/h1-9,11-12H,10H2,(H,29,32). The molecule has 0 atom stereocenters. The van der Waals surface area contributed by atoms with Crippen LogP contribution in [0.15, 0.2) is 61.1 Å². The highest BCUT2D eigenvalue weighted by atomic mass is 19.1. The summed E-state index contributed by atoms with van der Waals surface area (Å²) in [5, 5.41) is 2.80. The van der Waals surface area contributed by atoms with Gasteiger partial charge >= 0.3 is 0 Å². The minimum Gasteiger partial charge on any atom is -0.324 e. The van der Waals surface area contributed by atoms with Crippen LogP contribution in [0.4, 0.5) is 18.9 Å². The highest BCUT2D eigenvalue weighted by Gasteiger charge is 2.15. The van der Waals surface area contributed by atoms with Crippen LogP contribution in [0.25, 0.3) is 33.3 Å². The Labute approximate surface area is 179 Å². The maximum atomic E-state index is 14.6. The number of imidazole rings is 1. The third-order valence-electron chi connectivity index (χ3n) is 5.12. The van der Waals surface area contributed by atoms with Crippen molar-refractivity contribution in [2.24, 2.45) is 0 Å². The van der Waals surface area contributed by atoms with Crippen LogP contribution in [0, 0.1) is 17.5 Å². The zero-order chi connectivity index (χ0) is 22.2. The molecule has 158 valence electrons. The molecule has 0 saturated carbocycles. The fraction of sp³-hybridized carbons (Fsp3) is 0.0435. The molecule has 3 heterocycles. The summed E-state index contributed by atoms with van der Waals surface area (Å²) < 4.78 is 44.7. The molecule has 1 amide bonds. The average molecular weight is 433 g/mol. The van der Waals surface area contributed by atoms with E-state index in [0.29, 0.717) is 27.9 Å². The van der Waals surface area contributed by atoms with E-state index in [9.17, 15) is 18.0 Å². The molecule has 5 aromatic rings. The fourth-order valence-corrected chi connectivity index (χ4v) is 3.58. The number of carbonyl (C=O) groups is 1. The summed E-state index contributed by atoms with van der Waals surface area (Å²) in [7, 11) is 0. The van der Waals surface area contributed by atoms with Crippen LogP contribution < -0.4 is 5.32 Å². The Kier molecular flexibility index (Phi) is 4.78. The lowest BCUT2D eigenvalue weighted by atomic mass is 10.1. The molecule has 3 aromatic heterocycles. The van der Waals surface area contributed by atoms with Gasteiger partial charge in [-0.15, -0.1) is 0 Å². The highest BCUT2D eigenvalue weighted by molar-refractivity contribution is 5.80. The Morgan fingerprint density at radius 1 is 0.938 bits per heavy atom. The minimum atomic E-state index is -0.922. The summed E-state index contributed by atoms with van der Waals surface area (Å²) in [5.74, 6) is -2.25. The second-order valence-corrected chi connectivity index (χ2v) is 7.13. The van der Waals surface area contributed by atoms with Crippen molar-refractivity contribution in [2.75, 3.05) is 5.32 Å². The van der Waals surface area contributed by atoms with E-state index in [1.54, 1.807) is 35.0 Å². The van der Waals surface area contributed by atoms with Gasteiger partial charge in [0.1, 0.15) is 28.7 Å². The van der Waals surface area contributed by atoms with Crippen LogP contribution in [0.2, 0.25) is 0 Å². The number of halogens is 3. The van der Waals surface area contributed by atoms with Crippen LogP contribution in [-0.4, -0.2) is 25.9 Å². The molecule has 0 spiro atoms. The number of anilines is 1. The molecule has 0 saturated heterocycles. The molecule has 2 aromatic carbocycles. The molecule has 0 aliphatic heterocycles. The van der Waals surface area contributed by atoms with E-state index in [-0.39, 0.29) is 18.5 Å². The van der Waals surface area contributed by atoms with Gasteiger partial charge in [-0.1, -0.05) is 6.07 Å². The topological polar surface area (TPSA) is 72.7 Å². The molecule has 0 bridgehead atoms. The number of pyridine rings is 2. The molecule has 32 heavy (non-hydrogen) atoms. The maximum absolute atomic E-state index is 14.6. The quantitative estimate of drug-likeness (QED) is 0.409. The second kappa shape index (κ2) is 7.77. The van der Waals surface area contributed by atoms with Crippen molar-refractivity contribution in [2.45, 2.75) is 6.54 Å². The van der Waals surface area contributed by atoms with Crippen molar-refractivity contribution in [3.05, 3.63) is 84.1 Å². The van der Waals surface area contributed by atoms with Crippen molar-refractivity contribution in [3.63, 3.8) is 0 Å². The van der Waals surface area contributed by atoms with Gasteiger partial charge < -0.3 is 9.88 Å². The number of hydrogen-bond donors (Lipinski definition) is 1. The van der Waals surface area contributed by atoms with Crippen molar-refractivity contribution in [3.8, 4) is 11.3 Å². The summed E-state index contributed by atoms with van der Waals surface area (Å²) in [6.45, 7) is 0.161. The Morgan fingerprint density at radius 3 is 2.53 bits per heavy atom. The number of amides is 1. The number of fused-ring (bicyclic) bond motifs is 2. The summed E-state index contributed by atoms with van der Waals surface area (Å²) in [5.41, 5.74) is 1.93. The minimum absolute atomic E-state index is 0.161. The van der Waals surface area contributed by atoms with Gasteiger partial charge in [-0.3, -0.25) is 9.78 Å². The average Bonchev–Trinajstić information content (AvgIpc) is 3.18. The van der Waals surface area contributed by atoms with Crippen molar-refractivity contribution in [1.82, 2.24) is 19.5 Å². The van der Waals surface area contributed by atoms with Gasteiger partial charge in [0.25, 0.3) is 0 Å². The molecule has 6 nitrogen and oxygen atoms in total. The first-order valence-electron chi connectivity index (χ1n) is 9.58. The van der Waals surface area contributed by atoms with E-state index < -0.39 is 23.1 Å². The van der Waals surface area contributed by atoms with Gasteiger partial charge in [0, 0.05) is 28.8 Å². The molecule has 0 radical (unpaired) electrons. The van der Waals surface area contributed by atoms with Crippen LogP contribution in [0.3, 0.4) is 0 Å². The van der Waals surface area contributed by atoms with Gasteiger partial charge in [0.2, 0.25) is 6.41 Å². The van der Waals surface area contributed by atoms with Crippen LogP contribution in [0.5, 0.6) is 0 Å². The molecule has 0 unspecified atom stereocenters. The molecule has 1 N–H and O–H groups in total. The summed E-state index contributed by atoms with van der Waals surface area (Å²) in [6.07, 6.45) is 3.34. The van der Waals surface area contributed by atoms with Crippen LogP contribution in [0.1, 0.15) is 5.56 Å². The Balaban J connectivity index is 1.55. The number of hydrogen-bond acceptors (Lipinski definition) is 4. The van der Waals surface area contributed by atoms with E-state index >= 15 is 0 Å². The predicted molar refractivity (Wildman–Crippen MR) is 113 cm³/mol. The van der Waals surface area contributed by atoms with E-state index in [4.69, 9.17) is 0 Å². The van der Waals surface area contributed by atoms with E-state index in [1.165, 1.54) is 12.4 Å². The zero-order valence-corrected chi connectivity index (χ0v) is 16.4. The Morgan fingerprint density at radius 2 is 1.75 bits per heavy atom. The van der Waals surface area contributed by atoms with Crippen LogP contribution in [-0.2, 0) is 11.3 Å². The van der Waals surface area contributed by atoms with Gasteiger partial charge in [-0.25, -0.2) is 23.1 Å². The molecule has 5 rings (SSSR count). The number of benzene rings is 2. The van der Waals surface area contributed by atoms with Gasteiger partial charge in [-0.05, 0) is 36.4 Å². The maximum Gasteiger partial charge on any atom is 0.211 e. The number of aromatic nitrogens is 4. The lowest BCUT2D eigenvalue weighted by Gasteiger charge is -2.09. The number of nitrogens with one attached hydrogen (secondary N) is 1.